The van der Waals surface area contributed by atoms with Crippen molar-refractivity contribution in [3.63, 3.8) is 0 Å². The van der Waals surface area contributed by atoms with Crippen LogP contribution in [0.3, 0.4) is 0 Å². The van der Waals surface area contributed by atoms with Gasteiger partial charge in [-0.15, -0.1) is 0 Å². The maximum atomic E-state index is 12.5. The monoisotopic (exact) mass is 402 g/mol. The smallest absolute Gasteiger partial charge is 0.244 e. The molecule has 1 aliphatic heterocycles. The molecule has 0 atom stereocenters. The highest BCUT2D eigenvalue weighted by atomic mass is 79.9. The van der Waals surface area contributed by atoms with Crippen molar-refractivity contribution in [1.82, 2.24) is 0 Å². The van der Waals surface area contributed by atoms with Crippen LogP contribution in [-0.2, 0) is 16.0 Å². The second-order valence-electron chi connectivity index (χ2n) is 6.00. The van der Waals surface area contributed by atoms with Crippen molar-refractivity contribution in [2.24, 2.45) is 0 Å². The maximum absolute atomic E-state index is 12.5. The Morgan fingerprint density at radius 2 is 2.04 bits per heavy atom. The van der Waals surface area contributed by atoms with Gasteiger partial charge in [0.15, 0.2) is 0 Å². The molecule has 1 N–H and O–H groups in total. The third-order valence-corrected chi connectivity index (χ3v) is 4.67. The quantitative estimate of drug-likeness (QED) is 0.848. The van der Waals surface area contributed by atoms with Crippen LogP contribution in [0.4, 0.5) is 11.4 Å². The van der Waals surface area contributed by atoms with Crippen LogP contribution in [0.1, 0.15) is 17.5 Å². The molecule has 0 radical (unpaired) electrons. The van der Waals surface area contributed by atoms with Crippen LogP contribution in [0.5, 0.6) is 5.75 Å². The van der Waals surface area contributed by atoms with E-state index in [1.165, 1.54) is 0 Å². The van der Waals surface area contributed by atoms with Gasteiger partial charge in [0, 0.05) is 16.6 Å². The van der Waals surface area contributed by atoms with Crippen molar-refractivity contribution in [3.8, 4) is 5.75 Å². The van der Waals surface area contributed by atoms with Gasteiger partial charge >= 0.3 is 0 Å². The molecule has 0 spiro atoms. The molecule has 2 aromatic rings. The van der Waals surface area contributed by atoms with Crippen molar-refractivity contribution in [3.05, 3.63) is 52.0 Å². The van der Waals surface area contributed by atoms with Crippen LogP contribution in [-0.4, -0.2) is 25.5 Å². The summed E-state index contributed by atoms with van der Waals surface area (Å²) in [5, 5.41) is 2.85. The molecule has 1 heterocycles. The summed E-state index contributed by atoms with van der Waals surface area (Å²) in [6, 6.07) is 11.3. The Kier molecular flexibility index (Phi) is 5.08. The van der Waals surface area contributed by atoms with Gasteiger partial charge in [-0.1, -0.05) is 22.0 Å². The van der Waals surface area contributed by atoms with Gasteiger partial charge in [-0.2, -0.15) is 0 Å². The number of benzene rings is 2. The fourth-order valence-corrected chi connectivity index (χ4v) is 3.36. The number of rotatable bonds is 4. The maximum Gasteiger partial charge on any atom is 0.244 e. The molecule has 0 aliphatic carbocycles. The molecule has 0 saturated carbocycles. The lowest BCUT2D eigenvalue weighted by Crippen LogP contribution is -2.40. The summed E-state index contributed by atoms with van der Waals surface area (Å²) in [5.41, 5.74) is 3.48. The van der Waals surface area contributed by atoms with Crippen LogP contribution in [0.15, 0.2) is 40.9 Å². The van der Waals surface area contributed by atoms with Crippen LogP contribution < -0.4 is 15.0 Å². The highest BCUT2D eigenvalue weighted by molar-refractivity contribution is 9.10. The number of amides is 2. The van der Waals surface area contributed by atoms with Crippen LogP contribution in [0, 0.1) is 6.92 Å². The van der Waals surface area contributed by atoms with Gasteiger partial charge in [-0.25, -0.2) is 0 Å². The Morgan fingerprint density at radius 1 is 1.24 bits per heavy atom. The number of aryl methyl sites for hydroxylation is 2. The zero-order chi connectivity index (χ0) is 18.0. The molecule has 0 bridgehead atoms. The van der Waals surface area contributed by atoms with Crippen molar-refractivity contribution in [2.45, 2.75) is 19.8 Å². The highest BCUT2D eigenvalue weighted by Crippen LogP contribution is 2.30. The number of carbonyl (C=O) groups excluding carboxylic acids is 2. The summed E-state index contributed by atoms with van der Waals surface area (Å²) >= 11 is 3.45. The summed E-state index contributed by atoms with van der Waals surface area (Å²) in [6.07, 6.45) is 1.10. The Balaban J connectivity index is 1.80. The Labute approximate surface area is 155 Å². The van der Waals surface area contributed by atoms with Gasteiger partial charge in [0.05, 0.1) is 12.8 Å². The first-order chi connectivity index (χ1) is 12.0. The molecule has 0 unspecified atom stereocenters. The molecule has 1 aliphatic rings. The summed E-state index contributed by atoms with van der Waals surface area (Å²) in [5.74, 6) is 0.294. The van der Waals surface area contributed by atoms with E-state index in [-0.39, 0.29) is 18.4 Å². The van der Waals surface area contributed by atoms with Gasteiger partial charge in [0.2, 0.25) is 11.8 Å². The fourth-order valence-electron chi connectivity index (χ4n) is 2.95. The first-order valence-corrected chi connectivity index (χ1v) is 8.80. The first-order valence-electron chi connectivity index (χ1n) is 8.01. The number of nitrogens with one attached hydrogen (secondary N) is 1. The van der Waals surface area contributed by atoms with Gasteiger partial charge < -0.3 is 15.0 Å². The topological polar surface area (TPSA) is 58.6 Å². The number of anilines is 2. The lowest BCUT2D eigenvalue weighted by Gasteiger charge is -2.29. The summed E-state index contributed by atoms with van der Waals surface area (Å²) in [4.78, 5) is 26.4. The Bertz CT molecular complexity index is 835. The standard InChI is InChI=1S/C19H19BrN2O3/c1-12-3-7-17(25-2)15(9-12)21-18(23)11-22-16-6-5-14(20)10-13(16)4-8-19(22)24/h3,5-7,9-10H,4,8,11H2,1-2H3,(H,21,23). The Hall–Kier alpha value is -2.34. The molecule has 0 fully saturated rings. The lowest BCUT2D eigenvalue weighted by molar-refractivity contribution is -0.121. The second-order valence-corrected chi connectivity index (χ2v) is 6.92. The van der Waals surface area contributed by atoms with E-state index in [1.807, 2.05) is 43.3 Å². The van der Waals surface area contributed by atoms with E-state index in [0.717, 1.165) is 21.3 Å². The Morgan fingerprint density at radius 3 is 2.80 bits per heavy atom. The predicted molar refractivity (Wildman–Crippen MR) is 101 cm³/mol. The van der Waals surface area contributed by atoms with E-state index >= 15 is 0 Å². The van der Waals surface area contributed by atoms with Crippen molar-refractivity contribution in [1.29, 1.82) is 0 Å². The molecule has 0 saturated heterocycles. The van der Waals surface area contributed by atoms with E-state index in [0.29, 0.717) is 24.3 Å². The largest absolute Gasteiger partial charge is 0.495 e. The van der Waals surface area contributed by atoms with Crippen molar-refractivity contribution >= 4 is 39.1 Å². The van der Waals surface area contributed by atoms with E-state index in [2.05, 4.69) is 21.2 Å². The minimum atomic E-state index is -0.256. The zero-order valence-corrected chi connectivity index (χ0v) is 15.7. The third-order valence-electron chi connectivity index (χ3n) is 4.17. The zero-order valence-electron chi connectivity index (χ0n) is 14.1. The average molecular weight is 403 g/mol. The number of hydrogen-bond acceptors (Lipinski definition) is 3. The number of hydrogen-bond donors (Lipinski definition) is 1. The van der Waals surface area contributed by atoms with E-state index < -0.39 is 0 Å². The molecule has 0 aromatic heterocycles. The van der Waals surface area contributed by atoms with Gasteiger partial charge in [0.25, 0.3) is 0 Å². The second kappa shape index (κ2) is 7.27. The molecule has 2 amide bonds. The SMILES string of the molecule is COc1ccc(C)cc1NC(=O)CN1C(=O)CCc2cc(Br)ccc21. The number of halogens is 1. The van der Waals surface area contributed by atoms with E-state index in [9.17, 15) is 9.59 Å². The molecule has 130 valence electrons. The van der Waals surface area contributed by atoms with E-state index in [4.69, 9.17) is 4.74 Å². The number of methoxy groups -OCH3 is 1. The van der Waals surface area contributed by atoms with Crippen LogP contribution >= 0.6 is 15.9 Å². The van der Waals surface area contributed by atoms with Gasteiger partial charge in [-0.3, -0.25) is 9.59 Å². The molecular formula is C19H19BrN2O3. The fraction of sp³-hybridized carbons (Fsp3) is 0.263. The first kappa shape index (κ1) is 17.5. The van der Waals surface area contributed by atoms with Crippen LogP contribution in [0.2, 0.25) is 0 Å². The lowest BCUT2D eigenvalue weighted by atomic mass is 10.0. The number of nitrogens with zero attached hydrogens (tertiary/aromatic N) is 1. The third kappa shape index (κ3) is 3.85. The number of fused-ring (bicyclic) bond motifs is 1. The highest BCUT2D eigenvalue weighted by Gasteiger charge is 2.26. The molecule has 5 nitrogen and oxygen atoms in total. The summed E-state index contributed by atoms with van der Waals surface area (Å²) in [7, 11) is 1.56. The van der Waals surface area contributed by atoms with Crippen molar-refractivity contribution < 1.29 is 14.3 Å². The van der Waals surface area contributed by atoms with Crippen molar-refractivity contribution in [2.75, 3.05) is 23.9 Å². The average Bonchev–Trinajstić information content (AvgIpc) is 2.57. The summed E-state index contributed by atoms with van der Waals surface area (Å²) < 4.78 is 6.25. The number of carbonyl (C=O) groups is 2. The minimum Gasteiger partial charge on any atom is -0.495 e. The van der Waals surface area contributed by atoms with Gasteiger partial charge in [-0.05, 0) is 54.8 Å². The molecule has 3 rings (SSSR count). The summed E-state index contributed by atoms with van der Waals surface area (Å²) in [6.45, 7) is 1.92. The van der Waals surface area contributed by atoms with Crippen LogP contribution in [0.25, 0.3) is 0 Å². The molecule has 6 heteroatoms. The molecular weight excluding hydrogens is 384 g/mol. The van der Waals surface area contributed by atoms with E-state index in [1.54, 1.807) is 12.0 Å². The normalized spacial score (nSPS) is 13.4. The predicted octanol–water partition coefficient (Wildman–Crippen LogP) is 3.68. The number of ether oxygens (including phenoxy) is 1. The minimum absolute atomic E-state index is 0.0233. The van der Waals surface area contributed by atoms with Gasteiger partial charge in [0.1, 0.15) is 12.3 Å². The molecule has 2 aromatic carbocycles. The molecule has 25 heavy (non-hydrogen) atoms.